The van der Waals surface area contributed by atoms with E-state index in [1.165, 1.54) is 25.7 Å². The summed E-state index contributed by atoms with van der Waals surface area (Å²) in [6.45, 7) is 1.47. The molecule has 0 bridgehead atoms. The molecule has 6 nitrogen and oxygen atoms in total. The minimum atomic E-state index is -0.0211. The van der Waals surface area contributed by atoms with Crippen LogP contribution in [0.1, 0.15) is 61.7 Å². The van der Waals surface area contributed by atoms with Gasteiger partial charge in [0.15, 0.2) is 0 Å². The van der Waals surface area contributed by atoms with E-state index >= 15 is 0 Å². The number of amides is 2. The molecular formula is C22H32N4O2. The Morgan fingerprint density at radius 2 is 1.75 bits per heavy atom. The lowest BCUT2D eigenvalue weighted by Gasteiger charge is -2.33. The van der Waals surface area contributed by atoms with E-state index in [0.717, 1.165) is 32.4 Å². The van der Waals surface area contributed by atoms with Crippen molar-refractivity contribution in [2.45, 2.75) is 69.5 Å². The van der Waals surface area contributed by atoms with Crippen LogP contribution in [0.4, 0.5) is 0 Å². The summed E-state index contributed by atoms with van der Waals surface area (Å²) in [6.07, 6.45) is 8.35. The lowest BCUT2D eigenvalue weighted by molar-refractivity contribution is -0.132. The van der Waals surface area contributed by atoms with Crippen molar-refractivity contribution in [2.75, 3.05) is 13.1 Å². The van der Waals surface area contributed by atoms with Crippen molar-refractivity contribution in [3.8, 4) is 0 Å². The molecule has 6 heteroatoms. The molecule has 0 radical (unpaired) electrons. The first-order chi connectivity index (χ1) is 13.7. The topological polar surface area (TPSA) is 73.5 Å². The molecule has 0 spiro atoms. The molecule has 2 saturated heterocycles. The second kappa shape index (κ2) is 9.05. The molecule has 3 fully saturated rings. The summed E-state index contributed by atoms with van der Waals surface area (Å²) < 4.78 is 0. The molecule has 3 aliphatic rings. The summed E-state index contributed by atoms with van der Waals surface area (Å²) >= 11 is 0. The molecule has 1 aliphatic carbocycles. The number of carbonyl (C=O) groups excluding carboxylic acids is 2. The van der Waals surface area contributed by atoms with Gasteiger partial charge in [0.25, 0.3) is 5.91 Å². The van der Waals surface area contributed by atoms with Crippen LogP contribution in [0.2, 0.25) is 0 Å². The molecule has 2 aliphatic heterocycles. The smallest absolute Gasteiger partial charge is 0.251 e. The van der Waals surface area contributed by atoms with Gasteiger partial charge < -0.3 is 10.2 Å². The highest BCUT2D eigenvalue weighted by Gasteiger charge is 2.37. The third-order valence-electron chi connectivity index (χ3n) is 6.68. The highest BCUT2D eigenvalue weighted by atomic mass is 16.2. The van der Waals surface area contributed by atoms with Crippen molar-refractivity contribution < 1.29 is 9.59 Å². The van der Waals surface area contributed by atoms with Gasteiger partial charge in [-0.2, -0.15) is 0 Å². The Balaban J connectivity index is 1.18. The zero-order chi connectivity index (χ0) is 19.3. The normalized spacial score (nSPS) is 28.0. The number of hydrogen-bond donors (Lipinski definition) is 3. The quantitative estimate of drug-likeness (QED) is 0.728. The largest absolute Gasteiger partial charge is 0.349 e. The zero-order valence-electron chi connectivity index (χ0n) is 16.5. The molecular weight excluding hydrogens is 352 g/mol. The molecule has 3 atom stereocenters. The van der Waals surface area contributed by atoms with Crippen molar-refractivity contribution in [1.29, 1.82) is 0 Å². The summed E-state index contributed by atoms with van der Waals surface area (Å²) in [4.78, 5) is 26.9. The fraction of sp³-hybridized carbons (Fsp3) is 0.636. The predicted molar refractivity (Wildman–Crippen MR) is 109 cm³/mol. The summed E-state index contributed by atoms with van der Waals surface area (Å²) in [5.74, 6) is 0.918. The highest BCUT2D eigenvalue weighted by molar-refractivity contribution is 5.94. The Morgan fingerprint density at radius 3 is 2.54 bits per heavy atom. The van der Waals surface area contributed by atoms with Crippen molar-refractivity contribution in [2.24, 2.45) is 5.92 Å². The first-order valence-corrected chi connectivity index (χ1v) is 10.9. The molecule has 1 aromatic carbocycles. The van der Waals surface area contributed by atoms with Crippen LogP contribution in [-0.2, 0) is 4.79 Å². The fourth-order valence-electron chi connectivity index (χ4n) is 5.00. The maximum Gasteiger partial charge on any atom is 0.251 e. The summed E-state index contributed by atoms with van der Waals surface area (Å²) in [5, 5.41) is 3.11. The molecule has 1 saturated carbocycles. The first kappa shape index (κ1) is 19.4. The molecule has 2 heterocycles. The van der Waals surface area contributed by atoms with E-state index < -0.39 is 0 Å². The van der Waals surface area contributed by atoms with E-state index in [9.17, 15) is 9.59 Å². The predicted octanol–water partition coefficient (Wildman–Crippen LogP) is 2.22. The van der Waals surface area contributed by atoms with Gasteiger partial charge in [0.2, 0.25) is 5.91 Å². The second-order valence-electron chi connectivity index (χ2n) is 8.48. The molecule has 3 unspecified atom stereocenters. The van der Waals surface area contributed by atoms with Crippen LogP contribution >= 0.6 is 0 Å². The minimum Gasteiger partial charge on any atom is -0.349 e. The molecule has 152 valence electrons. The molecule has 28 heavy (non-hydrogen) atoms. The van der Waals surface area contributed by atoms with Crippen molar-refractivity contribution >= 4 is 11.8 Å². The monoisotopic (exact) mass is 384 g/mol. The Hall–Kier alpha value is -1.92. The van der Waals surface area contributed by atoms with E-state index in [2.05, 4.69) is 16.2 Å². The van der Waals surface area contributed by atoms with E-state index in [1.54, 1.807) is 0 Å². The van der Waals surface area contributed by atoms with Gasteiger partial charge >= 0.3 is 0 Å². The first-order valence-electron chi connectivity index (χ1n) is 10.9. The van der Waals surface area contributed by atoms with E-state index in [0.29, 0.717) is 30.0 Å². The highest BCUT2D eigenvalue weighted by Crippen LogP contribution is 2.31. The van der Waals surface area contributed by atoms with Crippen LogP contribution in [0.3, 0.4) is 0 Å². The number of fused-ring (bicyclic) bond motifs is 1. The Kier molecular flexibility index (Phi) is 6.27. The number of benzene rings is 1. The molecule has 2 amide bonds. The maximum atomic E-state index is 12.7. The Labute approximate surface area is 167 Å². The second-order valence-corrected chi connectivity index (χ2v) is 8.48. The molecule has 4 rings (SSSR count). The maximum absolute atomic E-state index is 12.7. The Bertz CT molecular complexity index is 672. The third kappa shape index (κ3) is 4.55. The van der Waals surface area contributed by atoms with Crippen LogP contribution in [0.5, 0.6) is 0 Å². The number of likely N-dealkylation sites (tertiary alicyclic amines) is 1. The number of nitrogens with one attached hydrogen (secondary N) is 3. The SMILES string of the molecule is O=C(NC1CCN(C(=O)CCC2NNC3CCCCC32)CC1)c1ccccc1. The number of carbonyl (C=O) groups is 2. The van der Waals surface area contributed by atoms with Gasteiger partial charge in [0.1, 0.15) is 0 Å². The minimum absolute atomic E-state index is 0.0211. The number of rotatable bonds is 5. The summed E-state index contributed by atoms with van der Waals surface area (Å²) in [5.41, 5.74) is 7.56. The van der Waals surface area contributed by atoms with Gasteiger partial charge in [-0.1, -0.05) is 31.0 Å². The van der Waals surface area contributed by atoms with E-state index in [1.807, 2.05) is 35.2 Å². The van der Waals surface area contributed by atoms with Gasteiger partial charge in [-0.25, -0.2) is 0 Å². The Morgan fingerprint density at radius 1 is 1.00 bits per heavy atom. The van der Waals surface area contributed by atoms with Crippen LogP contribution < -0.4 is 16.2 Å². The molecule has 0 aromatic heterocycles. The fourth-order valence-corrected chi connectivity index (χ4v) is 5.00. The van der Waals surface area contributed by atoms with Gasteiger partial charge in [0, 0.05) is 43.2 Å². The summed E-state index contributed by atoms with van der Waals surface area (Å²) in [6, 6.07) is 10.5. The third-order valence-corrected chi connectivity index (χ3v) is 6.68. The average Bonchev–Trinajstić information content (AvgIpc) is 3.16. The average molecular weight is 385 g/mol. The summed E-state index contributed by atoms with van der Waals surface area (Å²) in [7, 11) is 0. The molecule has 3 N–H and O–H groups in total. The standard InChI is InChI=1S/C22H32N4O2/c27-21(11-10-20-18-8-4-5-9-19(18)24-25-20)26-14-12-17(13-15-26)23-22(28)16-6-2-1-3-7-16/h1-3,6-7,17-20,24-25H,4-5,8-15H2,(H,23,28). The number of hydrazine groups is 1. The van der Waals surface area contributed by atoms with Crippen LogP contribution in [0.15, 0.2) is 30.3 Å². The zero-order valence-corrected chi connectivity index (χ0v) is 16.5. The van der Waals surface area contributed by atoms with E-state index in [-0.39, 0.29) is 17.9 Å². The van der Waals surface area contributed by atoms with Gasteiger partial charge in [-0.15, -0.1) is 0 Å². The van der Waals surface area contributed by atoms with Crippen molar-refractivity contribution in [3.63, 3.8) is 0 Å². The van der Waals surface area contributed by atoms with Crippen LogP contribution in [0, 0.1) is 5.92 Å². The number of hydrogen-bond acceptors (Lipinski definition) is 4. The van der Waals surface area contributed by atoms with E-state index in [4.69, 9.17) is 0 Å². The van der Waals surface area contributed by atoms with Gasteiger partial charge in [0.05, 0.1) is 0 Å². The van der Waals surface area contributed by atoms with Gasteiger partial charge in [-0.05, 0) is 50.2 Å². The van der Waals surface area contributed by atoms with Crippen molar-refractivity contribution in [1.82, 2.24) is 21.1 Å². The van der Waals surface area contributed by atoms with Crippen LogP contribution in [-0.4, -0.2) is 47.9 Å². The van der Waals surface area contributed by atoms with Gasteiger partial charge in [-0.3, -0.25) is 20.4 Å². The molecule has 1 aromatic rings. The van der Waals surface area contributed by atoms with Crippen LogP contribution in [0.25, 0.3) is 0 Å². The number of piperidine rings is 1. The lowest BCUT2D eigenvalue weighted by Crippen LogP contribution is -2.46. The number of nitrogens with zero attached hydrogens (tertiary/aromatic N) is 1. The lowest BCUT2D eigenvalue weighted by atomic mass is 9.80. The van der Waals surface area contributed by atoms with Crippen molar-refractivity contribution in [3.05, 3.63) is 35.9 Å².